The Hall–Kier alpha value is -4.34. The third-order valence-corrected chi connectivity index (χ3v) is 5.39. The largest absolute Gasteiger partial charge is 0.277 e. The third kappa shape index (κ3) is 7.65. The van der Waals surface area contributed by atoms with E-state index in [9.17, 15) is 25.0 Å². The number of carbonyl (C=O) groups is 1. The summed E-state index contributed by atoms with van der Waals surface area (Å²) in [7, 11) is 10.7. The summed E-state index contributed by atoms with van der Waals surface area (Å²) in [6, 6.07) is 10.7. The van der Waals surface area contributed by atoms with E-state index in [0.29, 0.717) is 22.3 Å². The molecule has 3 N–H and O–H groups in total. The van der Waals surface area contributed by atoms with Gasteiger partial charge in [-0.25, -0.2) is 0 Å². The number of nitro groups is 2. The van der Waals surface area contributed by atoms with Gasteiger partial charge >= 0.3 is 0 Å². The molecule has 17 heteroatoms. The number of hydrogen-bond acceptors (Lipinski definition) is 10. The number of Topliss-reactive ketones (excluding diaryl/α,β-unsaturated/α-hetero) is 1. The van der Waals surface area contributed by atoms with Crippen LogP contribution in [-0.2, 0) is 21.1 Å². The van der Waals surface area contributed by atoms with Gasteiger partial charge in [-0.15, -0.1) is 6.42 Å². The van der Waals surface area contributed by atoms with Gasteiger partial charge in [0.05, 0.1) is 20.9 Å². The van der Waals surface area contributed by atoms with Crippen molar-refractivity contribution < 1.29 is 45.8 Å². The van der Waals surface area contributed by atoms with Crippen LogP contribution in [0.25, 0.3) is 33.2 Å². The number of hydrazine groups is 1. The summed E-state index contributed by atoms with van der Waals surface area (Å²) in [6.45, 7) is 0. The number of carbonyl (C=O) groups excluding carboxylic acids is 1. The number of nitrogens with zero attached hydrogens (tertiary/aromatic N) is 8. The zero-order valence-corrected chi connectivity index (χ0v) is 26.6. The number of benzene rings is 2. The molecule has 0 fully saturated rings. The van der Waals surface area contributed by atoms with E-state index in [0.717, 1.165) is 10.9 Å². The van der Waals surface area contributed by atoms with Crippen LogP contribution in [0.15, 0.2) is 48.7 Å². The van der Waals surface area contributed by atoms with Crippen molar-refractivity contribution in [3.05, 3.63) is 74.6 Å². The molecule has 5 aromatic rings. The van der Waals surface area contributed by atoms with Crippen molar-refractivity contribution in [3.63, 3.8) is 0 Å². The molecule has 0 bridgehead atoms. The van der Waals surface area contributed by atoms with E-state index in [1.165, 1.54) is 35.0 Å². The van der Waals surface area contributed by atoms with Gasteiger partial charge in [-0.05, 0) is 32.5 Å². The van der Waals surface area contributed by atoms with E-state index in [2.05, 4.69) is 34.9 Å². The van der Waals surface area contributed by atoms with Gasteiger partial charge in [0.1, 0.15) is 17.1 Å². The number of aryl methyl sites for hydroxylation is 3. The Balaban J connectivity index is 0.000000359. The van der Waals surface area contributed by atoms with Crippen LogP contribution in [0.1, 0.15) is 10.5 Å². The van der Waals surface area contributed by atoms with Crippen LogP contribution in [0.5, 0.6) is 0 Å². The normalized spacial score (nSPS) is 9.90. The van der Waals surface area contributed by atoms with Crippen LogP contribution in [0.4, 0.5) is 11.4 Å². The Bertz CT molecular complexity index is 1760. The maximum atomic E-state index is 11.4. The molecule has 3 aromatic heterocycles. The van der Waals surface area contributed by atoms with Gasteiger partial charge in [0, 0.05) is 102 Å². The smallest absolute Gasteiger partial charge is 0.270 e. The average Bonchev–Trinajstić information content (AvgIpc) is 3.64. The minimum Gasteiger partial charge on any atom is -0.277 e. The molecule has 15 nitrogen and oxygen atoms in total. The summed E-state index contributed by atoms with van der Waals surface area (Å²) >= 11 is 0. The summed E-state index contributed by atoms with van der Waals surface area (Å²) in [5.41, 5.74) is 5.08. The minimum atomic E-state index is -0.587. The number of hydrogen-bond donors (Lipinski definition) is 2. The maximum Gasteiger partial charge on any atom is 0.270 e. The summed E-state index contributed by atoms with van der Waals surface area (Å²) < 4.78 is 10.1. The van der Waals surface area contributed by atoms with Crippen LogP contribution in [-0.4, -0.2) is 61.7 Å². The fourth-order valence-corrected chi connectivity index (χ4v) is 3.70. The van der Waals surface area contributed by atoms with Crippen molar-refractivity contribution >= 4 is 47.3 Å². The van der Waals surface area contributed by atoms with E-state index in [4.69, 9.17) is 7.76 Å². The van der Waals surface area contributed by atoms with E-state index in [-0.39, 0.29) is 48.2 Å². The second kappa shape index (κ2) is 14.9. The van der Waals surface area contributed by atoms with Gasteiger partial charge in [-0.1, -0.05) is 0 Å². The van der Waals surface area contributed by atoms with E-state index in [1.807, 2.05) is 25.2 Å². The van der Waals surface area contributed by atoms with Crippen LogP contribution in [0.3, 0.4) is 0 Å². The van der Waals surface area contributed by atoms with Crippen molar-refractivity contribution in [1.82, 2.24) is 34.8 Å². The number of nitrogens with two attached hydrogens (primary N) is 1. The summed E-state index contributed by atoms with van der Waals surface area (Å²) in [5, 5.41) is 35.3. The maximum absolute atomic E-state index is 11.4. The molecule has 0 amide bonds. The minimum absolute atomic E-state index is 0. The Labute approximate surface area is 260 Å². The van der Waals surface area contributed by atoms with Gasteiger partial charge < -0.3 is 0 Å². The molecule has 208 valence electrons. The van der Waals surface area contributed by atoms with Crippen LogP contribution >= 0.6 is 0 Å². The molecule has 0 saturated heterocycles. The summed E-state index contributed by atoms with van der Waals surface area (Å²) in [4.78, 5) is 32.0. The zero-order chi connectivity index (χ0) is 30.9. The van der Waals surface area contributed by atoms with Crippen molar-refractivity contribution in [2.45, 2.75) is 0 Å². The van der Waals surface area contributed by atoms with Gasteiger partial charge in [0.2, 0.25) is 0 Å². The van der Waals surface area contributed by atoms with Crippen molar-refractivity contribution in [3.8, 4) is 23.7 Å². The fourth-order valence-electron chi connectivity index (χ4n) is 3.70. The number of fused-ring (bicyclic) bond motifs is 2. The van der Waals surface area contributed by atoms with E-state index >= 15 is 0 Å². The van der Waals surface area contributed by atoms with Gasteiger partial charge in [0.15, 0.2) is 0 Å². The first kappa shape index (κ1) is 32.9. The average molecular weight is 783 g/mol. The Morgan fingerprint density at radius 1 is 0.976 bits per heavy atom. The number of non-ortho nitro benzene ring substituents is 2. The fraction of sp³-hybridized carbons (Fsp3) is 0.167. The molecule has 2 radical (unpaired) electrons. The Kier molecular flexibility index (Phi) is 11.9. The number of terminal acetylenes is 1. The van der Waals surface area contributed by atoms with Gasteiger partial charge in [-0.3, -0.25) is 50.3 Å². The standard InChI is InChI=1S/C12H11N5O2.C11H7N3O3.CH6N2.BH.U/c1-15-6-5-10(13-15)12-9-7-8(17(18)19)3-4-11(9)16(2)14-12;1-3-10(15)11-8-6-7(14(16)17)4-5-9(8)13(2)12-11;1-3-2;;/h3-7H,1-2H3;1,4-6H,2H3;3H,2H2,1H3;1H;/i;;;1D;. The number of rotatable bonds is 4. The van der Waals surface area contributed by atoms with Crippen LogP contribution in [0, 0.1) is 63.7 Å². The molecule has 2 aromatic carbocycles. The molecule has 0 atom stereocenters. The second-order valence-corrected chi connectivity index (χ2v) is 8.00. The summed E-state index contributed by atoms with van der Waals surface area (Å²) in [5.74, 6) is 5.96. The summed E-state index contributed by atoms with van der Waals surface area (Å²) in [6.07, 6.45) is 6.83. The van der Waals surface area contributed by atoms with Gasteiger partial charge in [-0.2, -0.15) is 15.3 Å². The van der Waals surface area contributed by atoms with E-state index in [1.54, 1.807) is 36.6 Å². The second-order valence-electron chi connectivity index (χ2n) is 8.00. The number of aromatic nitrogens is 6. The van der Waals surface area contributed by atoms with Crippen molar-refractivity contribution in [2.24, 2.45) is 27.0 Å². The third-order valence-electron chi connectivity index (χ3n) is 5.39. The molecule has 0 aliphatic heterocycles. The SMILES string of the molecule is C#CC(=O)c1nn(C)c2ccc([N+](=O)[O-])cc12.CNN.Cn1ccc(-c2nn(C)c3ccc([N+](=O)[O-])cc23)n1.[2H][B].[U]. The van der Waals surface area contributed by atoms with Crippen LogP contribution < -0.4 is 11.3 Å². The molecule has 0 aliphatic carbocycles. The number of nitro benzene ring substituents is 2. The molecule has 5 rings (SSSR count). The molecular weight excluding hydrogens is 757 g/mol. The Morgan fingerprint density at radius 3 is 1.93 bits per heavy atom. The molecule has 0 spiro atoms. The monoisotopic (exact) mass is 783 g/mol. The number of nitrogens with one attached hydrogen (secondary N) is 1. The number of ketones is 1. The molecule has 0 saturated carbocycles. The molecule has 3 heterocycles. The first-order chi connectivity index (χ1) is 19.5. The predicted octanol–water partition coefficient (Wildman–Crippen LogP) is 1.61. The van der Waals surface area contributed by atoms with Crippen molar-refractivity contribution in [1.29, 1.82) is 1.34 Å². The predicted molar refractivity (Wildman–Crippen MR) is 150 cm³/mol. The molecule has 41 heavy (non-hydrogen) atoms. The first-order valence-electron chi connectivity index (χ1n) is 11.7. The zero-order valence-electron chi connectivity index (χ0n) is 23.5. The van der Waals surface area contributed by atoms with Crippen molar-refractivity contribution in [2.75, 3.05) is 7.05 Å². The van der Waals surface area contributed by atoms with Crippen LogP contribution in [0.2, 0.25) is 0 Å². The molecule has 0 unspecified atom stereocenters. The van der Waals surface area contributed by atoms with Gasteiger partial charge in [0.25, 0.3) is 17.2 Å². The topological polar surface area (TPSA) is 195 Å². The first-order valence-corrected chi connectivity index (χ1v) is 11.1. The molecule has 0 aliphatic rings. The quantitative estimate of drug-likeness (QED) is 0.0515. The Morgan fingerprint density at radius 2 is 1.46 bits per heavy atom. The van der Waals surface area contributed by atoms with E-state index < -0.39 is 15.6 Å². The molecular formula is C24H25BN10O5U.